The molecule has 0 amide bonds. The third-order valence-electron chi connectivity index (χ3n) is 0.822. The van der Waals surface area contributed by atoms with Gasteiger partial charge in [0, 0.05) is 0 Å². The molecule has 0 aromatic rings. The van der Waals surface area contributed by atoms with E-state index in [0.29, 0.717) is 0 Å². The minimum absolute atomic E-state index is 0.167. The molecule has 0 aromatic carbocycles. The van der Waals surface area contributed by atoms with Crippen molar-refractivity contribution in [2.24, 2.45) is 5.73 Å². The monoisotopic (exact) mass is 139 g/mol. The van der Waals surface area contributed by atoms with E-state index in [-0.39, 0.29) is 12.2 Å². The zero-order chi connectivity index (χ0) is 7.82. The van der Waals surface area contributed by atoms with Crippen LogP contribution in [0.25, 0.3) is 0 Å². The molecule has 10 heavy (non-hydrogen) atoms. The van der Waals surface area contributed by atoms with Crippen LogP contribution in [0.5, 0.6) is 0 Å². The van der Waals surface area contributed by atoms with Crippen molar-refractivity contribution < 1.29 is 4.39 Å². The number of hydrogen-bond donors (Lipinski definition) is 1. The van der Waals surface area contributed by atoms with Gasteiger partial charge in [-0.1, -0.05) is 5.92 Å². The highest BCUT2D eigenvalue weighted by molar-refractivity contribution is 5.12. The molecule has 0 radical (unpaired) electrons. The molecule has 0 aliphatic carbocycles. The number of hydrogen-bond acceptors (Lipinski definition) is 1. The lowest BCUT2D eigenvalue weighted by atomic mass is 10.3. The van der Waals surface area contributed by atoms with Gasteiger partial charge >= 0.3 is 0 Å². The van der Waals surface area contributed by atoms with Gasteiger partial charge in [0.2, 0.25) is 0 Å². The zero-order valence-corrected chi connectivity index (χ0v) is 5.89. The predicted molar refractivity (Wildman–Crippen MR) is 40.6 cm³/mol. The van der Waals surface area contributed by atoms with Crippen LogP contribution in [0.4, 0.5) is 4.39 Å². The van der Waals surface area contributed by atoms with Gasteiger partial charge in [-0.15, -0.1) is 5.92 Å². The Morgan fingerprint density at radius 2 is 2.40 bits per heavy atom. The van der Waals surface area contributed by atoms with Gasteiger partial charge < -0.3 is 5.73 Å². The molecule has 0 saturated heterocycles. The lowest BCUT2D eigenvalue weighted by Gasteiger charge is -1.82. The van der Waals surface area contributed by atoms with E-state index in [1.54, 1.807) is 6.92 Å². The minimum atomic E-state index is -0.268. The maximum Gasteiger partial charge on any atom is 0.112 e. The van der Waals surface area contributed by atoms with Crippen molar-refractivity contribution in [2.45, 2.75) is 13.3 Å². The lowest BCUT2D eigenvalue weighted by Crippen LogP contribution is -1.74. The van der Waals surface area contributed by atoms with Crippen molar-refractivity contribution in [1.82, 2.24) is 0 Å². The Morgan fingerprint density at radius 1 is 1.70 bits per heavy atom. The molecule has 0 heterocycles. The SMILES string of the molecule is CC#CC/C(F)=C\C=C/N. The molecule has 0 spiro atoms. The fourth-order valence-corrected chi connectivity index (χ4v) is 0.392. The van der Waals surface area contributed by atoms with E-state index in [0.717, 1.165) is 0 Å². The number of rotatable bonds is 2. The Morgan fingerprint density at radius 3 is 2.90 bits per heavy atom. The van der Waals surface area contributed by atoms with Crippen LogP contribution in [-0.4, -0.2) is 0 Å². The van der Waals surface area contributed by atoms with Gasteiger partial charge in [0.05, 0.1) is 6.42 Å². The Hall–Kier alpha value is -1.23. The third kappa shape index (κ3) is 4.92. The molecular weight excluding hydrogens is 129 g/mol. The second kappa shape index (κ2) is 5.90. The van der Waals surface area contributed by atoms with Crippen molar-refractivity contribution in [3.05, 3.63) is 24.2 Å². The molecule has 0 fully saturated rings. The summed E-state index contributed by atoms with van der Waals surface area (Å²) < 4.78 is 12.4. The van der Waals surface area contributed by atoms with E-state index in [1.165, 1.54) is 18.4 Å². The summed E-state index contributed by atoms with van der Waals surface area (Å²) in [7, 11) is 0. The van der Waals surface area contributed by atoms with E-state index in [4.69, 9.17) is 5.73 Å². The van der Waals surface area contributed by atoms with Crippen LogP contribution in [0.1, 0.15) is 13.3 Å². The van der Waals surface area contributed by atoms with Crippen LogP contribution in [0.3, 0.4) is 0 Å². The average Bonchev–Trinajstić information content (AvgIpc) is 1.97. The van der Waals surface area contributed by atoms with Crippen LogP contribution in [-0.2, 0) is 0 Å². The van der Waals surface area contributed by atoms with Crippen molar-refractivity contribution in [1.29, 1.82) is 0 Å². The minimum Gasteiger partial charge on any atom is -0.405 e. The van der Waals surface area contributed by atoms with Crippen LogP contribution in [0, 0.1) is 11.8 Å². The molecule has 0 aromatic heterocycles. The largest absolute Gasteiger partial charge is 0.405 e. The van der Waals surface area contributed by atoms with E-state index >= 15 is 0 Å². The molecular formula is C8H10FN. The standard InChI is InChI=1S/C8H10FN/c1-2-3-5-8(9)6-4-7-10/h4,6-7H,5,10H2,1H3/b7-4-,8-6+. The fraction of sp³-hybridized carbons (Fsp3) is 0.250. The quantitative estimate of drug-likeness (QED) is 0.457. The molecule has 2 N–H and O–H groups in total. The Labute approximate surface area is 60.4 Å². The molecule has 0 bridgehead atoms. The summed E-state index contributed by atoms with van der Waals surface area (Å²) in [4.78, 5) is 0. The number of nitrogens with two attached hydrogens (primary N) is 1. The normalized spacial score (nSPS) is 11.2. The Balaban J connectivity index is 3.78. The first kappa shape index (κ1) is 8.77. The van der Waals surface area contributed by atoms with E-state index in [9.17, 15) is 4.39 Å². The number of allylic oxidation sites excluding steroid dienone is 3. The van der Waals surface area contributed by atoms with Gasteiger partial charge in [-0.3, -0.25) is 0 Å². The van der Waals surface area contributed by atoms with Crippen molar-refractivity contribution in [3.63, 3.8) is 0 Å². The summed E-state index contributed by atoms with van der Waals surface area (Å²) in [5.41, 5.74) is 4.98. The van der Waals surface area contributed by atoms with Crippen LogP contribution in [0.15, 0.2) is 24.2 Å². The second-order valence-electron chi connectivity index (χ2n) is 1.60. The van der Waals surface area contributed by atoms with Gasteiger partial charge in [0.15, 0.2) is 0 Å². The van der Waals surface area contributed by atoms with Crippen LogP contribution in [0.2, 0.25) is 0 Å². The van der Waals surface area contributed by atoms with E-state index in [1.807, 2.05) is 0 Å². The molecule has 54 valence electrons. The van der Waals surface area contributed by atoms with Crippen molar-refractivity contribution >= 4 is 0 Å². The lowest BCUT2D eigenvalue weighted by molar-refractivity contribution is 0.622. The molecule has 0 aliphatic rings. The van der Waals surface area contributed by atoms with Gasteiger partial charge in [-0.25, -0.2) is 4.39 Å². The summed E-state index contributed by atoms with van der Waals surface area (Å²) in [5.74, 6) is 4.91. The van der Waals surface area contributed by atoms with Gasteiger partial charge in [0.1, 0.15) is 5.83 Å². The highest BCUT2D eigenvalue weighted by Gasteiger charge is 1.85. The summed E-state index contributed by atoms with van der Waals surface area (Å²) in [6.45, 7) is 1.67. The molecule has 2 heteroatoms. The summed E-state index contributed by atoms with van der Waals surface area (Å²) in [6, 6.07) is 0. The average molecular weight is 139 g/mol. The topological polar surface area (TPSA) is 26.0 Å². The highest BCUT2D eigenvalue weighted by Crippen LogP contribution is 2.00. The zero-order valence-electron chi connectivity index (χ0n) is 5.89. The van der Waals surface area contributed by atoms with Gasteiger partial charge in [0.25, 0.3) is 0 Å². The molecule has 1 nitrogen and oxygen atoms in total. The van der Waals surface area contributed by atoms with Crippen molar-refractivity contribution in [3.8, 4) is 11.8 Å². The first-order valence-electron chi connectivity index (χ1n) is 2.93. The smallest absolute Gasteiger partial charge is 0.112 e. The van der Waals surface area contributed by atoms with E-state index < -0.39 is 0 Å². The Bertz CT molecular complexity index is 193. The predicted octanol–water partition coefficient (Wildman–Crippen LogP) is 1.73. The molecule has 0 aliphatic heterocycles. The molecule has 0 atom stereocenters. The van der Waals surface area contributed by atoms with Gasteiger partial charge in [-0.2, -0.15) is 0 Å². The summed E-state index contributed by atoms with van der Waals surface area (Å²) >= 11 is 0. The fourth-order valence-electron chi connectivity index (χ4n) is 0.392. The van der Waals surface area contributed by atoms with Gasteiger partial charge in [-0.05, 0) is 25.3 Å². The maximum atomic E-state index is 12.4. The number of halogens is 1. The van der Waals surface area contributed by atoms with Crippen LogP contribution >= 0.6 is 0 Å². The Kier molecular flexibility index (Phi) is 5.17. The summed E-state index contributed by atoms with van der Waals surface area (Å²) in [5, 5.41) is 0. The van der Waals surface area contributed by atoms with Crippen molar-refractivity contribution in [2.75, 3.05) is 0 Å². The summed E-state index contributed by atoms with van der Waals surface area (Å²) in [6.07, 6.45) is 4.18. The third-order valence-corrected chi connectivity index (χ3v) is 0.822. The molecule has 0 rings (SSSR count). The second-order valence-corrected chi connectivity index (χ2v) is 1.60. The maximum absolute atomic E-state index is 12.4. The molecule has 0 saturated carbocycles. The highest BCUT2D eigenvalue weighted by atomic mass is 19.1. The molecule has 0 unspecified atom stereocenters. The first-order valence-corrected chi connectivity index (χ1v) is 2.93. The first-order chi connectivity index (χ1) is 4.81. The van der Waals surface area contributed by atoms with E-state index in [2.05, 4.69) is 11.8 Å². The van der Waals surface area contributed by atoms with Crippen LogP contribution < -0.4 is 5.73 Å².